The van der Waals surface area contributed by atoms with Gasteiger partial charge >= 0.3 is 5.97 Å². The molecule has 0 aromatic carbocycles. The van der Waals surface area contributed by atoms with Gasteiger partial charge in [-0.3, -0.25) is 4.79 Å². The normalized spacial score (nSPS) is 19.2. The van der Waals surface area contributed by atoms with Crippen LogP contribution in [0.1, 0.15) is 26.2 Å². The molecule has 1 rings (SSSR count). The second-order valence-corrected chi connectivity index (χ2v) is 4.56. The highest BCUT2D eigenvalue weighted by Crippen LogP contribution is 2.22. The maximum absolute atomic E-state index is 11.4. The Morgan fingerprint density at radius 2 is 2.22 bits per heavy atom. The Morgan fingerprint density at radius 1 is 1.56 bits per heavy atom. The highest BCUT2D eigenvalue weighted by atomic mass is 16.4. The molecular weight excluding hydrogens is 234 g/mol. The average molecular weight is 255 g/mol. The zero-order valence-corrected chi connectivity index (χ0v) is 10.8. The number of likely N-dealkylation sites (tertiary alicyclic amines) is 1. The largest absolute Gasteiger partial charge is 0.480 e. The van der Waals surface area contributed by atoms with Crippen LogP contribution in [0.2, 0.25) is 0 Å². The van der Waals surface area contributed by atoms with E-state index in [1.54, 1.807) is 0 Å². The van der Waals surface area contributed by atoms with Crippen LogP contribution in [0.5, 0.6) is 0 Å². The van der Waals surface area contributed by atoms with E-state index in [9.17, 15) is 9.90 Å². The van der Waals surface area contributed by atoms with Gasteiger partial charge in [0, 0.05) is 24.5 Å². The van der Waals surface area contributed by atoms with Gasteiger partial charge in [-0.1, -0.05) is 12.0 Å². The van der Waals surface area contributed by atoms with Crippen LogP contribution in [0.25, 0.3) is 10.4 Å². The lowest BCUT2D eigenvalue weighted by molar-refractivity contribution is -0.147. The number of nitrogens with zero attached hydrogens (tertiary/aromatic N) is 4. The van der Waals surface area contributed by atoms with E-state index in [4.69, 9.17) is 5.53 Å². The Labute approximate surface area is 107 Å². The Balaban J connectivity index is 2.44. The molecule has 1 heterocycles. The molecule has 0 saturated carbocycles. The van der Waals surface area contributed by atoms with Gasteiger partial charge in [0.05, 0.1) is 0 Å². The lowest BCUT2D eigenvalue weighted by Gasteiger charge is -2.39. The number of carboxylic acids is 1. The summed E-state index contributed by atoms with van der Waals surface area (Å²) in [6.45, 7) is 5.64. The first-order valence-corrected chi connectivity index (χ1v) is 6.36. The fourth-order valence-corrected chi connectivity index (χ4v) is 2.24. The number of carboxylic acid groups (broad SMARTS) is 1. The highest BCUT2D eigenvalue weighted by Gasteiger charge is 2.40. The standard InChI is InChI=1S/C11H21N5O2/c1-2-16-8-4-11(5-9-16,10(17)18)13-6-3-7-14-15-12/h13H,2-9H2,1H3,(H,17,18). The van der Waals surface area contributed by atoms with Gasteiger partial charge in [-0.25, -0.2) is 0 Å². The van der Waals surface area contributed by atoms with E-state index in [1.807, 2.05) is 0 Å². The molecule has 0 aliphatic carbocycles. The summed E-state index contributed by atoms with van der Waals surface area (Å²) in [7, 11) is 0. The minimum atomic E-state index is -0.804. The summed E-state index contributed by atoms with van der Waals surface area (Å²) in [6.07, 6.45) is 1.91. The van der Waals surface area contributed by atoms with Crippen molar-refractivity contribution in [3.05, 3.63) is 10.4 Å². The number of carbonyl (C=O) groups is 1. The molecule has 1 aliphatic rings. The summed E-state index contributed by atoms with van der Waals surface area (Å²) in [5.41, 5.74) is 7.34. The van der Waals surface area contributed by atoms with Gasteiger partial charge in [0.1, 0.15) is 5.54 Å². The van der Waals surface area contributed by atoms with E-state index in [2.05, 4.69) is 27.2 Å². The zero-order chi connectivity index (χ0) is 13.4. The van der Waals surface area contributed by atoms with Crippen LogP contribution in [0.4, 0.5) is 0 Å². The van der Waals surface area contributed by atoms with Crippen molar-refractivity contribution in [3.8, 4) is 0 Å². The van der Waals surface area contributed by atoms with Crippen LogP contribution in [-0.2, 0) is 4.79 Å². The Kier molecular flexibility index (Phi) is 5.91. The van der Waals surface area contributed by atoms with Crippen LogP contribution < -0.4 is 5.32 Å². The monoisotopic (exact) mass is 255 g/mol. The van der Waals surface area contributed by atoms with Crippen LogP contribution in [0, 0.1) is 0 Å². The fourth-order valence-electron chi connectivity index (χ4n) is 2.24. The molecule has 7 heteroatoms. The van der Waals surface area contributed by atoms with Crippen molar-refractivity contribution >= 4 is 5.97 Å². The third-order valence-electron chi connectivity index (χ3n) is 3.53. The third kappa shape index (κ3) is 3.87. The van der Waals surface area contributed by atoms with Crippen molar-refractivity contribution in [2.45, 2.75) is 31.7 Å². The Morgan fingerprint density at radius 3 is 2.72 bits per heavy atom. The van der Waals surface area contributed by atoms with E-state index in [0.717, 1.165) is 19.6 Å². The van der Waals surface area contributed by atoms with Gasteiger partial charge in [-0.05, 0) is 37.9 Å². The Bertz CT molecular complexity index is 319. The van der Waals surface area contributed by atoms with Crippen LogP contribution >= 0.6 is 0 Å². The summed E-state index contributed by atoms with van der Waals surface area (Å²) in [6, 6.07) is 0. The molecule has 0 spiro atoms. The lowest BCUT2D eigenvalue weighted by Crippen LogP contribution is -2.58. The van der Waals surface area contributed by atoms with Gasteiger partial charge in [-0.15, -0.1) is 0 Å². The summed E-state index contributed by atoms with van der Waals surface area (Å²) in [5, 5.41) is 15.9. The van der Waals surface area contributed by atoms with Crippen molar-refractivity contribution in [3.63, 3.8) is 0 Å². The molecule has 0 atom stereocenters. The zero-order valence-electron chi connectivity index (χ0n) is 10.8. The van der Waals surface area contributed by atoms with Gasteiger partial charge in [0.2, 0.25) is 0 Å². The molecule has 0 bridgehead atoms. The Hall–Kier alpha value is -1.30. The van der Waals surface area contributed by atoms with E-state index in [-0.39, 0.29) is 0 Å². The number of nitrogens with one attached hydrogen (secondary N) is 1. The first-order valence-electron chi connectivity index (χ1n) is 6.36. The molecule has 1 saturated heterocycles. The molecule has 0 amide bonds. The first-order chi connectivity index (χ1) is 8.64. The minimum Gasteiger partial charge on any atom is -0.480 e. The molecule has 7 nitrogen and oxygen atoms in total. The number of hydrogen-bond acceptors (Lipinski definition) is 4. The predicted octanol–water partition coefficient (Wildman–Crippen LogP) is 1.22. The van der Waals surface area contributed by atoms with Crippen LogP contribution in [0.3, 0.4) is 0 Å². The summed E-state index contributed by atoms with van der Waals surface area (Å²) >= 11 is 0. The van der Waals surface area contributed by atoms with Crippen molar-refractivity contribution in [1.82, 2.24) is 10.2 Å². The molecule has 102 valence electrons. The molecule has 18 heavy (non-hydrogen) atoms. The maximum atomic E-state index is 11.4. The van der Waals surface area contributed by atoms with Gasteiger partial charge in [0.15, 0.2) is 0 Å². The topological polar surface area (TPSA) is 101 Å². The lowest BCUT2D eigenvalue weighted by atomic mass is 9.87. The second-order valence-electron chi connectivity index (χ2n) is 4.56. The smallest absolute Gasteiger partial charge is 0.323 e. The van der Waals surface area contributed by atoms with Crippen molar-refractivity contribution in [1.29, 1.82) is 0 Å². The number of azide groups is 1. The van der Waals surface area contributed by atoms with Gasteiger partial charge in [-0.2, -0.15) is 0 Å². The number of rotatable bonds is 7. The number of hydrogen-bond donors (Lipinski definition) is 2. The quantitative estimate of drug-likeness (QED) is 0.309. The molecule has 0 aromatic rings. The number of piperidine rings is 1. The van der Waals surface area contributed by atoms with Crippen molar-refractivity contribution in [2.24, 2.45) is 5.11 Å². The van der Waals surface area contributed by atoms with E-state index >= 15 is 0 Å². The van der Waals surface area contributed by atoms with Crippen LogP contribution in [0.15, 0.2) is 5.11 Å². The summed E-state index contributed by atoms with van der Waals surface area (Å²) < 4.78 is 0. The molecule has 0 aromatic heterocycles. The van der Waals surface area contributed by atoms with Gasteiger partial charge < -0.3 is 15.3 Å². The summed E-state index contributed by atoms with van der Waals surface area (Å²) in [5.74, 6) is -0.776. The first kappa shape index (κ1) is 14.8. The van der Waals surface area contributed by atoms with E-state index < -0.39 is 11.5 Å². The molecule has 1 aliphatic heterocycles. The fraction of sp³-hybridized carbons (Fsp3) is 0.909. The molecule has 1 fully saturated rings. The van der Waals surface area contributed by atoms with Crippen LogP contribution in [-0.4, -0.2) is 54.2 Å². The van der Waals surface area contributed by atoms with Crippen molar-refractivity contribution in [2.75, 3.05) is 32.7 Å². The SMILES string of the molecule is CCN1CCC(NCCCN=[N+]=[N-])(C(=O)O)CC1. The second kappa shape index (κ2) is 7.20. The predicted molar refractivity (Wildman–Crippen MR) is 68.3 cm³/mol. The summed E-state index contributed by atoms with van der Waals surface area (Å²) in [4.78, 5) is 16.3. The molecular formula is C11H21N5O2. The third-order valence-corrected chi connectivity index (χ3v) is 3.53. The number of aliphatic carboxylic acids is 1. The minimum absolute atomic E-state index is 0.403. The molecule has 0 radical (unpaired) electrons. The molecule has 0 unspecified atom stereocenters. The maximum Gasteiger partial charge on any atom is 0.323 e. The highest BCUT2D eigenvalue weighted by molar-refractivity contribution is 5.79. The van der Waals surface area contributed by atoms with E-state index in [1.165, 1.54) is 0 Å². The van der Waals surface area contributed by atoms with E-state index in [0.29, 0.717) is 32.4 Å². The average Bonchev–Trinajstić information content (AvgIpc) is 2.39. The molecule has 2 N–H and O–H groups in total. The van der Waals surface area contributed by atoms with Gasteiger partial charge in [0.25, 0.3) is 0 Å². The van der Waals surface area contributed by atoms with Crippen molar-refractivity contribution < 1.29 is 9.90 Å².